The molecule has 0 unspecified atom stereocenters. The van der Waals surface area contributed by atoms with Crippen molar-refractivity contribution in [2.75, 3.05) is 11.1 Å². The first-order valence-corrected chi connectivity index (χ1v) is 5.79. The molecule has 0 aromatic carbocycles. The largest absolute Gasteiger partial charge is 0.383 e. The molecule has 1 aromatic rings. The quantitative estimate of drug-likeness (QED) is 0.620. The predicted molar refractivity (Wildman–Crippen MR) is 75.8 cm³/mol. The Bertz CT molecular complexity index is 587. The number of hydrogen-bond acceptors (Lipinski definition) is 4. The molecular weight excluding hydrogens is 254 g/mol. The van der Waals surface area contributed by atoms with E-state index in [1.807, 2.05) is 13.8 Å². The summed E-state index contributed by atoms with van der Waals surface area (Å²) in [5.74, 6) is 0.0519. The molecule has 0 aliphatic rings. The molecular formula is C10H17N5O2S. The van der Waals surface area contributed by atoms with Gasteiger partial charge in [0.05, 0.1) is 0 Å². The summed E-state index contributed by atoms with van der Waals surface area (Å²) in [6.07, 6.45) is 0. The number of nitrogen functional groups attached to an aromatic ring is 1. The summed E-state index contributed by atoms with van der Waals surface area (Å²) >= 11 is 5.04. The van der Waals surface area contributed by atoms with E-state index < -0.39 is 11.2 Å². The number of nitrogens with one attached hydrogen (secondary N) is 2. The van der Waals surface area contributed by atoms with Gasteiger partial charge in [-0.3, -0.25) is 13.9 Å². The van der Waals surface area contributed by atoms with E-state index >= 15 is 0 Å². The van der Waals surface area contributed by atoms with Crippen molar-refractivity contribution in [2.45, 2.75) is 19.9 Å². The van der Waals surface area contributed by atoms with Crippen molar-refractivity contribution in [1.29, 1.82) is 0 Å². The van der Waals surface area contributed by atoms with Gasteiger partial charge in [0.25, 0.3) is 5.56 Å². The lowest BCUT2D eigenvalue weighted by Gasteiger charge is -2.16. The standard InChI is InChI=1S/C10H17N5O2S/c1-5(2)12-9(18)13-6-7(11)14(3)10(17)15(4)8(6)16/h5H,11H2,1-4H3,(H2,12,13,18). The fraction of sp³-hybridized carbons (Fsp3) is 0.500. The first kappa shape index (κ1) is 14.2. The molecule has 18 heavy (non-hydrogen) atoms. The van der Waals surface area contributed by atoms with E-state index in [9.17, 15) is 9.59 Å². The maximum Gasteiger partial charge on any atom is 0.332 e. The zero-order valence-corrected chi connectivity index (χ0v) is 11.6. The minimum absolute atomic E-state index is 0.0519. The molecule has 0 bridgehead atoms. The van der Waals surface area contributed by atoms with E-state index in [1.165, 1.54) is 18.7 Å². The van der Waals surface area contributed by atoms with Crippen LogP contribution < -0.4 is 27.6 Å². The fourth-order valence-electron chi connectivity index (χ4n) is 1.39. The third-order valence-corrected chi connectivity index (χ3v) is 2.59. The van der Waals surface area contributed by atoms with Gasteiger partial charge in [0, 0.05) is 20.1 Å². The number of nitrogens with two attached hydrogens (primary N) is 1. The van der Waals surface area contributed by atoms with Gasteiger partial charge in [-0.1, -0.05) is 0 Å². The van der Waals surface area contributed by atoms with E-state index in [-0.39, 0.29) is 22.7 Å². The van der Waals surface area contributed by atoms with Gasteiger partial charge in [-0.25, -0.2) is 4.79 Å². The van der Waals surface area contributed by atoms with Gasteiger partial charge in [0.2, 0.25) is 0 Å². The molecule has 0 aliphatic heterocycles. The molecule has 4 N–H and O–H groups in total. The van der Waals surface area contributed by atoms with Crippen LogP contribution in [0.4, 0.5) is 11.5 Å². The van der Waals surface area contributed by atoms with Crippen molar-refractivity contribution in [1.82, 2.24) is 14.5 Å². The highest BCUT2D eigenvalue weighted by Crippen LogP contribution is 2.08. The van der Waals surface area contributed by atoms with E-state index in [0.29, 0.717) is 0 Å². The summed E-state index contributed by atoms with van der Waals surface area (Å²) in [5, 5.41) is 5.93. The Morgan fingerprint density at radius 3 is 2.33 bits per heavy atom. The van der Waals surface area contributed by atoms with Crippen LogP contribution in [0.3, 0.4) is 0 Å². The molecule has 8 heteroatoms. The number of thiocarbonyl (C=S) groups is 1. The van der Waals surface area contributed by atoms with Gasteiger partial charge in [0.1, 0.15) is 11.5 Å². The van der Waals surface area contributed by atoms with Gasteiger partial charge < -0.3 is 16.4 Å². The number of aromatic nitrogens is 2. The minimum Gasteiger partial charge on any atom is -0.383 e. The van der Waals surface area contributed by atoms with Crippen molar-refractivity contribution in [3.63, 3.8) is 0 Å². The van der Waals surface area contributed by atoms with Crippen LogP contribution in [0.25, 0.3) is 0 Å². The summed E-state index contributed by atoms with van der Waals surface area (Å²) in [5.41, 5.74) is 4.84. The molecule has 0 saturated carbocycles. The molecule has 0 radical (unpaired) electrons. The Labute approximate surface area is 110 Å². The van der Waals surface area contributed by atoms with Crippen molar-refractivity contribution < 1.29 is 0 Å². The summed E-state index contributed by atoms with van der Waals surface area (Å²) in [4.78, 5) is 23.5. The summed E-state index contributed by atoms with van der Waals surface area (Å²) in [6.45, 7) is 3.83. The molecule has 0 fully saturated rings. The van der Waals surface area contributed by atoms with Crippen LogP contribution in [0.1, 0.15) is 13.8 Å². The fourth-order valence-corrected chi connectivity index (χ4v) is 1.73. The van der Waals surface area contributed by atoms with Crippen LogP contribution in [0.2, 0.25) is 0 Å². The number of hydrogen-bond donors (Lipinski definition) is 3. The highest BCUT2D eigenvalue weighted by Gasteiger charge is 2.14. The second-order valence-electron chi connectivity index (χ2n) is 4.22. The van der Waals surface area contributed by atoms with Crippen LogP contribution in [-0.2, 0) is 14.1 Å². The molecule has 0 amide bonds. The number of nitrogens with zero attached hydrogens (tertiary/aromatic N) is 2. The molecule has 100 valence electrons. The lowest BCUT2D eigenvalue weighted by Crippen LogP contribution is -2.42. The van der Waals surface area contributed by atoms with E-state index in [1.54, 1.807) is 0 Å². The Hall–Kier alpha value is -1.83. The van der Waals surface area contributed by atoms with Crippen molar-refractivity contribution in [2.24, 2.45) is 14.1 Å². The van der Waals surface area contributed by atoms with Gasteiger partial charge in [-0.05, 0) is 26.1 Å². The average Bonchev–Trinajstić information content (AvgIpc) is 2.29. The van der Waals surface area contributed by atoms with Crippen LogP contribution in [0.5, 0.6) is 0 Å². The highest BCUT2D eigenvalue weighted by atomic mass is 32.1. The molecule has 1 rings (SSSR count). The lowest BCUT2D eigenvalue weighted by atomic mass is 10.4. The summed E-state index contributed by atoms with van der Waals surface area (Å²) in [6, 6.07) is 0.127. The zero-order chi connectivity index (χ0) is 14.0. The Balaban J connectivity index is 3.23. The Morgan fingerprint density at radius 2 is 1.83 bits per heavy atom. The number of rotatable bonds is 2. The third-order valence-electron chi connectivity index (χ3n) is 2.37. The molecule has 0 atom stereocenters. The third kappa shape index (κ3) is 2.70. The van der Waals surface area contributed by atoms with Gasteiger partial charge in [-0.2, -0.15) is 0 Å². The van der Waals surface area contributed by atoms with Crippen molar-refractivity contribution in [3.8, 4) is 0 Å². The zero-order valence-electron chi connectivity index (χ0n) is 10.8. The monoisotopic (exact) mass is 271 g/mol. The Morgan fingerprint density at radius 1 is 1.28 bits per heavy atom. The maximum absolute atomic E-state index is 11.9. The smallest absolute Gasteiger partial charge is 0.332 e. The number of anilines is 2. The summed E-state index contributed by atoms with van der Waals surface area (Å²) < 4.78 is 2.15. The molecule has 1 heterocycles. The Kier molecular flexibility index (Phi) is 4.12. The van der Waals surface area contributed by atoms with Crippen LogP contribution >= 0.6 is 12.2 Å². The minimum atomic E-state index is -0.511. The maximum atomic E-state index is 11.9. The van der Waals surface area contributed by atoms with Crippen molar-refractivity contribution >= 4 is 28.8 Å². The highest BCUT2D eigenvalue weighted by molar-refractivity contribution is 7.80. The second kappa shape index (κ2) is 5.21. The molecule has 0 saturated heterocycles. The van der Waals surface area contributed by atoms with Gasteiger partial charge in [0.15, 0.2) is 5.11 Å². The van der Waals surface area contributed by atoms with Crippen molar-refractivity contribution in [3.05, 3.63) is 20.8 Å². The second-order valence-corrected chi connectivity index (χ2v) is 4.63. The van der Waals surface area contributed by atoms with E-state index in [2.05, 4.69) is 10.6 Å². The normalized spacial score (nSPS) is 10.5. The SMILES string of the molecule is CC(C)NC(=S)Nc1c(N)n(C)c(=O)n(C)c1=O. The molecule has 0 aliphatic carbocycles. The van der Waals surface area contributed by atoms with E-state index in [4.69, 9.17) is 18.0 Å². The first-order chi connectivity index (χ1) is 8.25. The van der Waals surface area contributed by atoms with Crippen LogP contribution in [-0.4, -0.2) is 20.3 Å². The molecule has 7 nitrogen and oxygen atoms in total. The topological polar surface area (TPSA) is 94.1 Å². The van der Waals surface area contributed by atoms with E-state index in [0.717, 1.165) is 4.57 Å². The first-order valence-electron chi connectivity index (χ1n) is 5.38. The van der Waals surface area contributed by atoms with Gasteiger partial charge in [-0.15, -0.1) is 0 Å². The van der Waals surface area contributed by atoms with Gasteiger partial charge >= 0.3 is 5.69 Å². The van der Waals surface area contributed by atoms with Crippen LogP contribution in [0, 0.1) is 0 Å². The predicted octanol–water partition coefficient (Wildman–Crippen LogP) is -0.639. The molecule has 0 spiro atoms. The average molecular weight is 271 g/mol. The lowest BCUT2D eigenvalue weighted by molar-refractivity contribution is 0.696. The molecule has 1 aromatic heterocycles. The summed E-state index contributed by atoms with van der Waals surface area (Å²) in [7, 11) is 2.87. The van der Waals surface area contributed by atoms with Crippen LogP contribution in [0.15, 0.2) is 9.59 Å².